The van der Waals surface area contributed by atoms with Gasteiger partial charge in [-0.05, 0) is 37.9 Å². The lowest BCUT2D eigenvalue weighted by Crippen LogP contribution is -2.34. The van der Waals surface area contributed by atoms with E-state index in [0.717, 1.165) is 24.9 Å². The van der Waals surface area contributed by atoms with Crippen LogP contribution in [0.15, 0.2) is 0 Å². The van der Waals surface area contributed by atoms with Gasteiger partial charge >= 0.3 is 5.97 Å². The molecule has 2 N–H and O–H groups in total. The Kier molecular flexibility index (Phi) is 9.30. The van der Waals surface area contributed by atoms with Crippen LogP contribution in [-0.4, -0.2) is 43.3 Å². The second-order valence-electron chi connectivity index (χ2n) is 4.98. The maximum absolute atomic E-state index is 11.3. The van der Waals surface area contributed by atoms with Gasteiger partial charge in [-0.1, -0.05) is 12.8 Å². The lowest BCUT2D eigenvalue weighted by Gasteiger charge is -2.21. The molecule has 0 bridgehead atoms. The summed E-state index contributed by atoms with van der Waals surface area (Å²) in [6.07, 6.45) is 6.24. The van der Waals surface area contributed by atoms with E-state index in [1.807, 2.05) is 0 Å². The summed E-state index contributed by atoms with van der Waals surface area (Å²) in [6.45, 7) is 4.08. The summed E-state index contributed by atoms with van der Waals surface area (Å²) in [5, 5.41) is 0. The van der Waals surface area contributed by atoms with E-state index >= 15 is 0 Å². The minimum absolute atomic E-state index is 0.280. The average Bonchev–Trinajstić information content (AvgIpc) is 2.43. The van der Waals surface area contributed by atoms with E-state index in [4.69, 9.17) is 15.2 Å². The summed E-state index contributed by atoms with van der Waals surface area (Å²) in [7, 11) is 0. The van der Waals surface area contributed by atoms with Gasteiger partial charge in [-0.15, -0.1) is 0 Å². The van der Waals surface area contributed by atoms with Gasteiger partial charge in [-0.3, -0.25) is 4.79 Å². The van der Waals surface area contributed by atoms with Crippen LogP contribution in [0.3, 0.4) is 0 Å². The molecule has 1 saturated heterocycles. The van der Waals surface area contributed by atoms with Gasteiger partial charge in [0.2, 0.25) is 0 Å². The Morgan fingerprint density at radius 3 is 2.84 bits per heavy atom. The van der Waals surface area contributed by atoms with Crippen LogP contribution in [0.2, 0.25) is 0 Å². The minimum atomic E-state index is -0.472. The van der Waals surface area contributed by atoms with Crippen LogP contribution in [0.4, 0.5) is 0 Å². The number of carbonyl (C=O) groups excluding carboxylic acids is 1. The Bertz CT molecular complexity index is 245. The number of nitrogens with two attached hydrogens (primary N) is 1. The maximum Gasteiger partial charge on any atom is 0.323 e. The van der Waals surface area contributed by atoms with Crippen molar-refractivity contribution in [1.29, 1.82) is 0 Å². The Hall–Kier alpha value is -0.260. The zero-order valence-corrected chi connectivity index (χ0v) is 12.8. The van der Waals surface area contributed by atoms with Crippen molar-refractivity contribution < 1.29 is 14.3 Å². The van der Waals surface area contributed by atoms with E-state index in [2.05, 4.69) is 0 Å². The topological polar surface area (TPSA) is 61.5 Å². The molecule has 1 aliphatic heterocycles. The number of unbranched alkanes of at least 4 members (excludes halogenated alkanes) is 1. The molecule has 112 valence electrons. The predicted molar refractivity (Wildman–Crippen MR) is 79.3 cm³/mol. The first kappa shape index (κ1) is 16.8. The van der Waals surface area contributed by atoms with Gasteiger partial charge < -0.3 is 15.2 Å². The lowest BCUT2D eigenvalue weighted by atomic mass is 9.94. The molecule has 0 aromatic heterocycles. The molecule has 0 spiro atoms. The first-order valence-electron chi connectivity index (χ1n) is 7.31. The molecule has 1 aliphatic rings. The van der Waals surface area contributed by atoms with Crippen LogP contribution >= 0.6 is 11.8 Å². The molecule has 1 rings (SSSR count). The van der Waals surface area contributed by atoms with E-state index in [1.54, 1.807) is 18.7 Å². The minimum Gasteiger partial charge on any atom is -0.465 e. The summed E-state index contributed by atoms with van der Waals surface area (Å²) < 4.78 is 10.2. The highest BCUT2D eigenvalue weighted by atomic mass is 32.2. The van der Waals surface area contributed by atoms with Gasteiger partial charge in [0.15, 0.2) is 0 Å². The van der Waals surface area contributed by atoms with Gasteiger partial charge in [0, 0.05) is 19.0 Å². The third-order valence-electron chi connectivity index (χ3n) is 3.38. The molecule has 4 nitrogen and oxygen atoms in total. The molecule has 0 aromatic rings. The second-order valence-corrected chi connectivity index (χ2v) is 6.13. The summed E-state index contributed by atoms with van der Waals surface area (Å²) >= 11 is 1.75. The molecule has 0 amide bonds. The van der Waals surface area contributed by atoms with Gasteiger partial charge in [0.1, 0.15) is 6.04 Å². The predicted octanol–water partition coefficient (Wildman–Crippen LogP) is 2.21. The van der Waals surface area contributed by atoms with Crippen molar-refractivity contribution in [2.45, 2.75) is 45.1 Å². The van der Waals surface area contributed by atoms with E-state index < -0.39 is 6.04 Å². The molecular weight excluding hydrogens is 262 g/mol. The number of thioether (sulfide) groups is 1. The monoisotopic (exact) mass is 289 g/mol. The quantitative estimate of drug-likeness (QED) is 0.521. The van der Waals surface area contributed by atoms with Crippen LogP contribution < -0.4 is 5.73 Å². The molecule has 0 saturated carbocycles. The van der Waals surface area contributed by atoms with Crippen molar-refractivity contribution in [1.82, 2.24) is 0 Å². The zero-order chi connectivity index (χ0) is 13.9. The third-order valence-corrected chi connectivity index (χ3v) is 4.55. The summed E-state index contributed by atoms with van der Waals surface area (Å²) in [6, 6.07) is -0.472. The fraction of sp³-hybridized carbons (Fsp3) is 0.929. The van der Waals surface area contributed by atoms with Crippen LogP contribution in [0, 0.1) is 5.92 Å². The summed E-state index contributed by atoms with van der Waals surface area (Å²) in [4.78, 5) is 11.3. The third kappa shape index (κ3) is 7.80. The lowest BCUT2D eigenvalue weighted by molar-refractivity contribution is -0.144. The van der Waals surface area contributed by atoms with Crippen molar-refractivity contribution in [3.8, 4) is 0 Å². The number of esters is 1. The first-order valence-corrected chi connectivity index (χ1v) is 8.47. The SMILES string of the molecule is CCOC(=O)C(N)CSCCCCC1CCOCC1. The molecule has 19 heavy (non-hydrogen) atoms. The largest absolute Gasteiger partial charge is 0.465 e. The van der Waals surface area contributed by atoms with Crippen LogP contribution in [0.5, 0.6) is 0 Å². The Balaban J connectivity index is 1.91. The number of carbonyl (C=O) groups is 1. The highest BCUT2D eigenvalue weighted by Gasteiger charge is 2.15. The Morgan fingerprint density at radius 2 is 2.16 bits per heavy atom. The zero-order valence-electron chi connectivity index (χ0n) is 11.9. The highest BCUT2D eigenvalue weighted by molar-refractivity contribution is 7.99. The normalized spacial score (nSPS) is 18.2. The van der Waals surface area contributed by atoms with Crippen molar-refractivity contribution in [3.63, 3.8) is 0 Å². The number of rotatable bonds is 9. The highest BCUT2D eigenvalue weighted by Crippen LogP contribution is 2.21. The first-order chi connectivity index (χ1) is 9.24. The van der Waals surface area contributed by atoms with Gasteiger partial charge in [0.05, 0.1) is 6.61 Å². The standard InChI is InChI=1S/C14H27NO3S/c1-2-18-14(16)13(15)11-19-10-4-3-5-12-6-8-17-9-7-12/h12-13H,2-11,15H2,1H3. The van der Waals surface area contributed by atoms with Crippen LogP contribution in [0.1, 0.15) is 39.0 Å². The molecular formula is C14H27NO3S. The number of hydrogen-bond acceptors (Lipinski definition) is 5. The smallest absolute Gasteiger partial charge is 0.323 e. The molecule has 0 radical (unpaired) electrons. The molecule has 0 aromatic carbocycles. The van der Waals surface area contributed by atoms with Gasteiger partial charge in [-0.2, -0.15) is 11.8 Å². The van der Waals surface area contributed by atoms with Crippen molar-refractivity contribution in [2.24, 2.45) is 11.7 Å². The van der Waals surface area contributed by atoms with E-state index in [1.165, 1.54) is 32.1 Å². The maximum atomic E-state index is 11.3. The molecule has 1 atom stereocenters. The average molecular weight is 289 g/mol. The van der Waals surface area contributed by atoms with Crippen LogP contribution in [0.25, 0.3) is 0 Å². The number of hydrogen-bond donors (Lipinski definition) is 1. The number of ether oxygens (including phenoxy) is 2. The summed E-state index contributed by atoms with van der Waals surface area (Å²) in [5.41, 5.74) is 5.73. The fourth-order valence-electron chi connectivity index (χ4n) is 2.20. The van der Waals surface area contributed by atoms with E-state index in [-0.39, 0.29) is 5.97 Å². The Labute approximate surface area is 120 Å². The molecule has 1 fully saturated rings. The van der Waals surface area contributed by atoms with Crippen molar-refractivity contribution >= 4 is 17.7 Å². The fourth-order valence-corrected chi connectivity index (χ4v) is 3.16. The molecule has 0 aliphatic carbocycles. The van der Waals surface area contributed by atoms with Crippen molar-refractivity contribution in [3.05, 3.63) is 0 Å². The van der Waals surface area contributed by atoms with Crippen LogP contribution in [-0.2, 0) is 14.3 Å². The second kappa shape index (κ2) is 10.5. The van der Waals surface area contributed by atoms with E-state index in [0.29, 0.717) is 12.4 Å². The molecule has 1 heterocycles. The Morgan fingerprint density at radius 1 is 1.42 bits per heavy atom. The van der Waals surface area contributed by atoms with Gasteiger partial charge in [-0.25, -0.2) is 0 Å². The van der Waals surface area contributed by atoms with Gasteiger partial charge in [0.25, 0.3) is 0 Å². The summed E-state index contributed by atoms with van der Waals surface area (Å²) in [5.74, 6) is 2.32. The molecule has 5 heteroatoms. The molecule has 1 unspecified atom stereocenters. The van der Waals surface area contributed by atoms with E-state index in [9.17, 15) is 4.79 Å². The van der Waals surface area contributed by atoms with Crippen molar-refractivity contribution in [2.75, 3.05) is 31.3 Å².